The Morgan fingerprint density at radius 3 is 2.33 bits per heavy atom. The molecule has 0 fully saturated rings. The van der Waals surface area contributed by atoms with Crippen LogP contribution < -0.4 is 5.14 Å². The second-order valence-corrected chi connectivity index (χ2v) is 6.35. The average molecular weight is 237 g/mol. The first-order valence-electron chi connectivity index (χ1n) is 5.35. The van der Waals surface area contributed by atoms with Crippen LogP contribution in [0.5, 0.6) is 0 Å². The molecular formula is C10H23NO3S. The predicted molar refractivity (Wildman–Crippen MR) is 62.1 cm³/mol. The summed E-state index contributed by atoms with van der Waals surface area (Å²) in [5.74, 6) is -0.0340. The van der Waals surface area contributed by atoms with Gasteiger partial charge in [-0.3, -0.25) is 0 Å². The molecule has 0 aromatic carbocycles. The van der Waals surface area contributed by atoms with Crippen LogP contribution in [0.1, 0.15) is 40.0 Å². The predicted octanol–water partition coefficient (Wildman–Crippen LogP) is 1.51. The molecule has 0 rings (SSSR count). The molecule has 0 bridgehead atoms. The standard InChI is InChI=1S/C10H23NO3S/c1-4-5-6-7-14-8-10(2,3)9-15(11,12)13/h4-9H2,1-3H3,(H2,11,12,13). The van der Waals surface area contributed by atoms with Gasteiger partial charge in [-0.25, -0.2) is 13.6 Å². The van der Waals surface area contributed by atoms with Crippen LogP contribution in [-0.4, -0.2) is 27.4 Å². The minimum atomic E-state index is -3.41. The lowest BCUT2D eigenvalue weighted by Gasteiger charge is -2.22. The number of primary sulfonamides is 1. The molecule has 0 unspecified atom stereocenters. The highest BCUT2D eigenvalue weighted by atomic mass is 32.2. The first kappa shape index (κ1) is 14.9. The third kappa shape index (κ3) is 10.2. The first-order chi connectivity index (χ1) is 6.77. The Labute approximate surface area is 93.2 Å². The van der Waals surface area contributed by atoms with Crippen molar-refractivity contribution in [3.63, 3.8) is 0 Å². The summed E-state index contributed by atoms with van der Waals surface area (Å²) < 4.78 is 27.2. The van der Waals surface area contributed by atoms with Crippen LogP contribution in [0.4, 0.5) is 0 Å². The quantitative estimate of drug-likeness (QED) is 0.650. The van der Waals surface area contributed by atoms with Crippen LogP contribution >= 0.6 is 0 Å². The van der Waals surface area contributed by atoms with E-state index in [2.05, 4.69) is 6.92 Å². The van der Waals surface area contributed by atoms with E-state index < -0.39 is 15.4 Å². The zero-order valence-corrected chi connectivity index (χ0v) is 10.8. The van der Waals surface area contributed by atoms with Crippen molar-refractivity contribution in [3.8, 4) is 0 Å². The Morgan fingerprint density at radius 1 is 1.27 bits per heavy atom. The van der Waals surface area contributed by atoms with Crippen molar-refractivity contribution < 1.29 is 13.2 Å². The van der Waals surface area contributed by atoms with Gasteiger partial charge in [-0.15, -0.1) is 0 Å². The van der Waals surface area contributed by atoms with Gasteiger partial charge in [0.25, 0.3) is 0 Å². The first-order valence-corrected chi connectivity index (χ1v) is 7.06. The van der Waals surface area contributed by atoms with Gasteiger partial charge in [0, 0.05) is 12.0 Å². The highest BCUT2D eigenvalue weighted by Crippen LogP contribution is 2.17. The highest BCUT2D eigenvalue weighted by molar-refractivity contribution is 7.89. The lowest BCUT2D eigenvalue weighted by molar-refractivity contribution is 0.0701. The third-order valence-corrected chi connectivity index (χ3v) is 3.16. The van der Waals surface area contributed by atoms with E-state index in [-0.39, 0.29) is 5.75 Å². The van der Waals surface area contributed by atoms with Gasteiger partial charge in [0.15, 0.2) is 0 Å². The lowest BCUT2D eigenvalue weighted by Crippen LogP contribution is -2.32. The second-order valence-electron chi connectivity index (χ2n) is 4.73. The van der Waals surface area contributed by atoms with E-state index in [0.717, 1.165) is 19.3 Å². The van der Waals surface area contributed by atoms with E-state index in [1.165, 1.54) is 0 Å². The van der Waals surface area contributed by atoms with E-state index >= 15 is 0 Å². The second kappa shape index (κ2) is 6.45. The number of hydrogen-bond donors (Lipinski definition) is 1. The van der Waals surface area contributed by atoms with Crippen molar-refractivity contribution in [1.29, 1.82) is 0 Å². The fraction of sp³-hybridized carbons (Fsp3) is 1.00. The summed E-state index contributed by atoms with van der Waals surface area (Å²) in [5.41, 5.74) is -0.403. The van der Waals surface area contributed by atoms with Crippen molar-refractivity contribution in [2.75, 3.05) is 19.0 Å². The van der Waals surface area contributed by atoms with Gasteiger partial charge in [0.2, 0.25) is 10.0 Å². The Bertz CT molecular complexity index is 260. The van der Waals surface area contributed by atoms with E-state index in [4.69, 9.17) is 9.88 Å². The average Bonchev–Trinajstić information content (AvgIpc) is 1.99. The molecule has 0 aromatic rings. The molecule has 15 heavy (non-hydrogen) atoms. The fourth-order valence-electron chi connectivity index (χ4n) is 1.39. The summed E-state index contributed by atoms with van der Waals surface area (Å²) >= 11 is 0. The highest BCUT2D eigenvalue weighted by Gasteiger charge is 2.24. The van der Waals surface area contributed by atoms with Crippen molar-refractivity contribution >= 4 is 10.0 Å². The summed E-state index contributed by atoms with van der Waals surface area (Å²) in [7, 11) is -3.41. The summed E-state index contributed by atoms with van der Waals surface area (Å²) in [6, 6.07) is 0. The Balaban J connectivity index is 3.75. The summed E-state index contributed by atoms with van der Waals surface area (Å²) in [6.07, 6.45) is 3.33. The number of hydrogen-bond acceptors (Lipinski definition) is 3. The molecule has 0 saturated carbocycles. The molecule has 0 saturated heterocycles. The molecule has 0 heterocycles. The molecule has 4 nitrogen and oxygen atoms in total. The maximum Gasteiger partial charge on any atom is 0.209 e. The summed E-state index contributed by atoms with van der Waals surface area (Å²) in [5, 5.41) is 4.99. The smallest absolute Gasteiger partial charge is 0.209 e. The maximum absolute atomic E-state index is 10.9. The largest absolute Gasteiger partial charge is 0.381 e. The van der Waals surface area contributed by atoms with Crippen molar-refractivity contribution in [2.45, 2.75) is 40.0 Å². The Hall–Kier alpha value is -0.130. The molecule has 0 atom stereocenters. The van der Waals surface area contributed by atoms with Crippen molar-refractivity contribution in [2.24, 2.45) is 10.6 Å². The van der Waals surface area contributed by atoms with Gasteiger partial charge in [0.1, 0.15) is 0 Å². The Morgan fingerprint density at radius 2 is 1.87 bits per heavy atom. The zero-order chi connectivity index (χ0) is 11.9. The van der Waals surface area contributed by atoms with Crippen LogP contribution in [0, 0.1) is 5.41 Å². The molecule has 0 aliphatic rings. The molecule has 5 heteroatoms. The van der Waals surface area contributed by atoms with Crippen molar-refractivity contribution in [1.82, 2.24) is 0 Å². The number of unbranched alkanes of at least 4 members (excludes halogenated alkanes) is 2. The van der Waals surface area contributed by atoms with Crippen LogP contribution in [0.15, 0.2) is 0 Å². The topological polar surface area (TPSA) is 69.4 Å². The SMILES string of the molecule is CCCCCOCC(C)(C)CS(N)(=O)=O. The fourth-order valence-corrected chi connectivity index (χ4v) is 2.56. The van der Waals surface area contributed by atoms with Gasteiger partial charge < -0.3 is 4.74 Å². The zero-order valence-electron chi connectivity index (χ0n) is 9.95. The van der Waals surface area contributed by atoms with Gasteiger partial charge >= 0.3 is 0 Å². The number of rotatable bonds is 8. The van der Waals surface area contributed by atoms with Crippen LogP contribution in [0.25, 0.3) is 0 Å². The molecule has 0 aliphatic heterocycles. The van der Waals surface area contributed by atoms with Crippen LogP contribution in [-0.2, 0) is 14.8 Å². The number of sulfonamides is 1. The van der Waals surface area contributed by atoms with E-state index in [1.807, 2.05) is 13.8 Å². The molecular weight excluding hydrogens is 214 g/mol. The Kier molecular flexibility index (Phi) is 6.40. The number of ether oxygens (including phenoxy) is 1. The molecule has 0 amide bonds. The minimum Gasteiger partial charge on any atom is -0.381 e. The summed E-state index contributed by atoms with van der Waals surface area (Å²) in [4.78, 5) is 0. The van der Waals surface area contributed by atoms with Gasteiger partial charge in [0.05, 0.1) is 12.4 Å². The molecule has 0 aromatic heterocycles. The summed E-state index contributed by atoms with van der Waals surface area (Å²) in [6.45, 7) is 6.95. The molecule has 0 radical (unpaired) electrons. The molecule has 0 spiro atoms. The van der Waals surface area contributed by atoms with E-state index in [9.17, 15) is 8.42 Å². The lowest BCUT2D eigenvalue weighted by atomic mass is 9.98. The van der Waals surface area contributed by atoms with Crippen LogP contribution in [0.2, 0.25) is 0 Å². The van der Waals surface area contributed by atoms with Gasteiger partial charge in [-0.1, -0.05) is 33.6 Å². The van der Waals surface area contributed by atoms with Crippen molar-refractivity contribution in [3.05, 3.63) is 0 Å². The van der Waals surface area contributed by atoms with Gasteiger partial charge in [-0.2, -0.15) is 0 Å². The normalized spacial score (nSPS) is 13.1. The minimum absolute atomic E-state index is 0.0340. The van der Waals surface area contributed by atoms with E-state index in [0.29, 0.717) is 13.2 Å². The molecule has 2 N–H and O–H groups in total. The molecule has 92 valence electrons. The van der Waals surface area contributed by atoms with Gasteiger partial charge in [-0.05, 0) is 6.42 Å². The third-order valence-electron chi connectivity index (χ3n) is 1.98. The van der Waals surface area contributed by atoms with E-state index in [1.54, 1.807) is 0 Å². The van der Waals surface area contributed by atoms with Crippen LogP contribution in [0.3, 0.4) is 0 Å². The monoisotopic (exact) mass is 237 g/mol. The number of nitrogens with two attached hydrogens (primary N) is 1. The molecule has 0 aliphatic carbocycles. The maximum atomic E-state index is 10.9.